The van der Waals surface area contributed by atoms with Gasteiger partial charge in [0.1, 0.15) is 11.5 Å². The molecule has 1 aliphatic heterocycles. The Morgan fingerprint density at radius 3 is 2.43 bits per heavy atom. The van der Waals surface area contributed by atoms with Crippen molar-refractivity contribution in [2.24, 2.45) is 0 Å². The summed E-state index contributed by atoms with van der Waals surface area (Å²) in [4.78, 5) is 31.8. The molecule has 1 N–H and O–H groups in total. The van der Waals surface area contributed by atoms with Gasteiger partial charge in [0.2, 0.25) is 0 Å². The van der Waals surface area contributed by atoms with Crippen LogP contribution < -0.4 is 9.47 Å². The molecule has 37 heavy (non-hydrogen) atoms. The first-order valence-electron chi connectivity index (χ1n) is 12.2. The van der Waals surface area contributed by atoms with Crippen LogP contribution >= 0.6 is 0 Å². The number of carbonyl (C=O) groups is 2. The monoisotopic (exact) mass is 504 g/mol. The van der Waals surface area contributed by atoms with Gasteiger partial charge >= 0.3 is 0 Å². The van der Waals surface area contributed by atoms with Crippen molar-refractivity contribution in [1.82, 2.24) is 9.88 Å². The SMILES string of the molecule is CCCCCOc1ccc(C2C(=C(O)c3ccc(OC)c(F)c3)C(=O)C(=O)N2Cc2ccncc2)cc1. The van der Waals surface area contributed by atoms with Crippen LogP contribution in [0.25, 0.3) is 5.76 Å². The van der Waals surface area contributed by atoms with Crippen LogP contribution in [-0.2, 0) is 16.1 Å². The van der Waals surface area contributed by atoms with Crippen LogP contribution in [0.4, 0.5) is 4.39 Å². The maximum absolute atomic E-state index is 14.4. The molecule has 2 heterocycles. The zero-order valence-corrected chi connectivity index (χ0v) is 20.8. The minimum Gasteiger partial charge on any atom is -0.507 e. The van der Waals surface area contributed by atoms with E-state index in [1.165, 1.54) is 24.1 Å². The molecule has 2 aromatic carbocycles. The molecule has 1 aliphatic rings. The van der Waals surface area contributed by atoms with Gasteiger partial charge in [-0.15, -0.1) is 0 Å². The number of halogens is 1. The van der Waals surface area contributed by atoms with Crippen molar-refractivity contribution in [3.63, 3.8) is 0 Å². The lowest BCUT2D eigenvalue weighted by Gasteiger charge is -2.25. The van der Waals surface area contributed by atoms with Gasteiger partial charge in [0.25, 0.3) is 11.7 Å². The molecule has 3 aromatic rings. The second-order valence-corrected chi connectivity index (χ2v) is 8.76. The Balaban J connectivity index is 1.74. The number of likely N-dealkylation sites (tertiary alicyclic amines) is 1. The Kier molecular flexibility index (Phi) is 8.18. The van der Waals surface area contributed by atoms with Crippen molar-refractivity contribution in [1.29, 1.82) is 0 Å². The molecule has 1 unspecified atom stereocenters. The van der Waals surface area contributed by atoms with Gasteiger partial charge in [-0.25, -0.2) is 4.39 Å². The molecular formula is C29H29FN2O5. The van der Waals surface area contributed by atoms with Crippen LogP contribution in [0.15, 0.2) is 72.6 Å². The number of nitrogens with zero attached hydrogens (tertiary/aromatic N) is 2. The van der Waals surface area contributed by atoms with Crippen molar-refractivity contribution in [3.8, 4) is 11.5 Å². The fourth-order valence-electron chi connectivity index (χ4n) is 4.33. The second-order valence-electron chi connectivity index (χ2n) is 8.76. The number of aliphatic hydroxyl groups excluding tert-OH is 1. The van der Waals surface area contributed by atoms with Crippen LogP contribution in [0.2, 0.25) is 0 Å². The molecule has 7 nitrogen and oxygen atoms in total. The second kappa shape index (κ2) is 11.7. The van der Waals surface area contributed by atoms with Crippen molar-refractivity contribution < 1.29 is 28.6 Å². The number of Topliss-reactive ketones (excluding diaryl/α,β-unsaturated/α-hetero) is 1. The number of ketones is 1. The number of hydrogen-bond acceptors (Lipinski definition) is 6. The summed E-state index contributed by atoms with van der Waals surface area (Å²) >= 11 is 0. The van der Waals surface area contributed by atoms with Crippen LogP contribution in [0.3, 0.4) is 0 Å². The number of aromatic nitrogens is 1. The zero-order chi connectivity index (χ0) is 26.4. The van der Waals surface area contributed by atoms with E-state index in [0.717, 1.165) is 30.9 Å². The third-order valence-electron chi connectivity index (χ3n) is 6.28. The van der Waals surface area contributed by atoms with Crippen molar-refractivity contribution in [3.05, 3.63) is 95.1 Å². The first kappa shape index (κ1) is 25.9. The van der Waals surface area contributed by atoms with Crippen molar-refractivity contribution in [2.45, 2.75) is 38.8 Å². The fraction of sp³-hybridized carbons (Fsp3) is 0.276. The Hall–Kier alpha value is -4.20. The van der Waals surface area contributed by atoms with Gasteiger partial charge in [-0.05, 0) is 60.0 Å². The average molecular weight is 505 g/mol. The number of hydrogen-bond donors (Lipinski definition) is 1. The largest absolute Gasteiger partial charge is 0.507 e. The number of aliphatic hydroxyl groups is 1. The van der Waals surface area contributed by atoms with E-state index >= 15 is 0 Å². The molecule has 1 amide bonds. The minimum atomic E-state index is -0.882. The summed E-state index contributed by atoms with van der Waals surface area (Å²) in [5.74, 6) is -2.07. The number of unbranched alkanes of at least 4 members (excludes halogenated alkanes) is 2. The van der Waals surface area contributed by atoms with Crippen LogP contribution in [0, 0.1) is 5.82 Å². The summed E-state index contributed by atoms with van der Waals surface area (Å²) in [6.07, 6.45) is 6.32. The number of methoxy groups -OCH3 is 1. The number of benzene rings is 2. The normalized spacial score (nSPS) is 16.7. The molecule has 1 aromatic heterocycles. The van der Waals surface area contributed by atoms with E-state index in [1.54, 1.807) is 48.8 Å². The molecular weight excluding hydrogens is 475 g/mol. The van der Waals surface area contributed by atoms with Gasteiger partial charge in [-0.1, -0.05) is 31.9 Å². The van der Waals surface area contributed by atoms with Crippen LogP contribution in [0.1, 0.15) is 48.9 Å². The van der Waals surface area contributed by atoms with E-state index in [-0.39, 0.29) is 23.4 Å². The summed E-state index contributed by atoms with van der Waals surface area (Å²) in [7, 11) is 1.33. The molecule has 192 valence electrons. The first-order valence-corrected chi connectivity index (χ1v) is 12.2. The number of rotatable bonds is 10. The minimum absolute atomic E-state index is 0.000707. The van der Waals surface area contributed by atoms with Gasteiger partial charge in [-0.2, -0.15) is 0 Å². The van der Waals surface area contributed by atoms with E-state index in [9.17, 15) is 19.1 Å². The summed E-state index contributed by atoms with van der Waals surface area (Å²) in [5.41, 5.74) is 1.35. The highest BCUT2D eigenvalue weighted by molar-refractivity contribution is 6.46. The number of pyridine rings is 1. The molecule has 0 aliphatic carbocycles. The summed E-state index contributed by atoms with van der Waals surface area (Å²) in [6, 6.07) is 13.6. The molecule has 0 saturated carbocycles. The predicted octanol–water partition coefficient (Wildman–Crippen LogP) is 5.42. The van der Waals surface area contributed by atoms with E-state index < -0.39 is 29.3 Å². The molecule has 0 bridgehead atoms. The molecule has 1 saturated heterocycles. The van der Waals surface area contributed by atoms with Crippen molar-refractivity contribution in [2.75, 3.05) is 13.7 Å². The maximum atomic E-state index is 14.4. The quantitative estimate of drug-likeness (QED) is 0.172. The van der Waals surface area contributed by atoms with Gasteiger partial charge in [0, 0.05) is 24.5 Å². The molecule has 0 spiro atoms. The van der Waals surface area contributed by atoms with Gasteiger partial charge in [0.05, 0.1) is 25.3 Å². The lowest BCUT2D eigenvalue weighted by atomic mass is 9.95. The topological polar surface area (TPSA) is 89.0 Å². The van der Waals surface area contributed by atoms with Gasteiger partial charge in [0.15, 0.2) is 11.6 Å². The molecule has 1 fully saturated rings. The standard InChI is InChI=1S/C29H29FN2O5/c1-3-4-5-16-37-22-9-6-20(7-10-22)26-25(27(33)21-8-11-24(36-2)23(30)17-21)28(34)29(35)32(26)18-19-12-14-31-15-13-19/h6-15,17,26,33H,3-5,16,18H2,1-2H3. The van der Waals surface area contributed by atoms with Crippen LogP contribution in [0.5, 0.6) is 11.5 Å². The Morgan fingerprint density at radius 1 is 1.05 bits per heavy atom. The fourth-order valence-corrected chi connectivity index (χ4v) is 4.33. The Labute approximate surface area is 215 Å². The van der Waals surface area contributed by atoms with Crippen molar-refractivity contribution >= 4 is 17.4 Å². The van der Waals surface area contributed by atoms with Gasteiger partial charge in [-0.3, -0.25) is 14.6 Å². The van der Waals surface area contributed by atoms with E-state index in [2.05, 4.69) is 11.9 Å². The zero-order valence-electron chi connectivity index (χ0n) is 20.8. The Morgan fingerprint density at radius 2 is 1.78 bits per heavy atom. The predicted molar refractivity (Wildman–Crippen MR) is 136 cm³/mol. The smallest absolute Gasteiger partial charge is 0.295 e. The number of ether oxygens (including phenoxy) is 2. The number of carbonyl (C=O) groups excluding carboxylic acids is 2. The van der Waals surface area contributed by atoms with Crippen LogP contribution in [-0.4, -0.2) is 40.4 Å². The summed E-state index contributed by atoms with van der Waals surface area (Å²) in [5, 5.41) is 11.2. The maximum Gasteiger partial charge on any atom is 0.295 e. The molecule has 4 rings (SSSR count). The molecule has 1 atom stereocenters. The molecule has 8 heteroatoms. The van der Waals surface area contributed by atoms with E-state index in [0.29, 0.717) is 17.9 Å². The van der Waals surface area contributed by atoms with E-state index in [1.807, 2.05) is 0 Å². The lowest BCUT2D eigenvalue weighted by Crippen LogP contribution is -2.29. The third kappa shape index (κ3) is 5.63. The highest BCUT2D eigenvalue weighted by Crippen LogP contribution is 2.41. The summed E-state index contributed by atoms with van der Waals surface area (Å²) < 4.78 is 25.2. The summed E-state index contributed by atoms with van der Waals surface area (Å²) in [6.45, 7) is 2.84. The lowest BCUT2D eigenvalue weighted by molar-refractivity contribution is -0.140. The Bertz CT molecular complexity index is 1290. The van der Waals surface area contributed by atoms with E-state index in [4.69, 9.17) is 9.47 Å². The highest BCUT2D eigenvalue weighted by atomic mass is 19.1. The third-order valence-corrected chi connectivity index (χ3v) is 6.28. The first-order chi connectivity index (χ1) is 17.9. The van der Waals surface area contributed by atoms with Gasteiger partial charge < -0.3 is 19.5 Å². The average Bonchev–Trinajstić information content (AvgIpc) is 3.16. The number of amides is 1. The molecule has 0 radical (unpaired) electrons. The highest BCUT2D eigenvalue weighted by Gasteiger charge is 2.46.